The van der Waals surface area contributed by atoms with Crippen LogP contribution < -0.4 is 5.32 Å². The summed E-state index contributed by atoms with van der Waals surface area (Å²) in [6.07, 6.45) is 2.27. The highest BCUT2D eigenvalue weighted by molar-refractivity contribution is 5.84. The number of hydrogen-bond acceptors (Lipinski definition) is 2. The molecule has 1 aromatic carbocycles. The van der Waals surface area contributed by atoms with Crippen molar-refractivity contribution in [3.05, 3.63) is 35.6 Å². The van der Waals surface area contributed by atoms with E-state index in [4.69, 9.17) is 0 Å². The van der Waals surface area contributed by atoms with Crippen molar-refractivity contribution in [3.8, 4) is 0 Å². The van der Waals surface area contributed by atoms with Gasteiger partial charge in [-0.25, -0.2) is 4.39 Å². The molecule has 1 heterocycles. The van der Waals surface area contributed by atoms with Gasteiger partial charge in [-0.05, 0) is 30.5 Å². The van der Waals surface area contributed by atoms with Crippen LogP contribution in [0, 0.1) is 5.82 Å². The molecule has 0 saturated carbocycles. The van der Waals surface area contributed by atoms with Crippen LogP contribution in [0.25, 0.3) is 0 Å². The number of nitrogens with one attached hydrogen (secondary N) is 1. The van der Waals surface area contributed by atoms with Crippen molar-refractivity contribution in [2.24, 2.45) is 0 Å². The van der Waals surface area contributed by atoms with E-state index < -0.39 is 0 Å². The molecule has 2 amide bonds. The maximum Gasteiger partial charge on any atom is 0.243 e. The SMILES string of the molecule is O=CN1CCCC1C(=O)NCc1ccc(F)cc1. The lowest BCUT2D eigenvalue weighted by atomic mass is 10.2. The molecular weight excluding hydrogens is 235 g/mol. The van der Waals surface area contributed by atoms with Crippen LogP contribution in [0.5, 0.6) is 0 Å². The zero-order valence-electron chi connectivity index (χ0n) is 9.93. The summed E-state index contributed by atoms with van der Waals surface area (Å²) in [5, 5.41) is 2.76. The van der Waals surface area contributed by atoms with Crippen molar-refractivity contribution >= 4 is 12.3 Å². The lowest BCUT2D eigenvalue weighted by Crippen LogP contribution is -2.42. The molecule has 1 fully saturated rings. The Morgan fingerprint density at radius 1 is 1.44 bits per heavy atom. The first-order chi connectivity index (χ1) is 8.70. The van der Waals surface area contributed by atoms with E-state index >= 15 is 0 Å². The van der Waals surface area contributed by atoms with Gasteiger partial charge in [-0.1, -0.05) is 12.1 Å². The van der Waals surface area contributed by atoms with Gasteiger partial charge in [0.05, 0.1) is 0 Å². The molecule has 1 aliphatic rings. The van der Waals surface area contributed by atoms with Gasteiger partial charge in [0, 0.05) is 13.1 Å². The molecule has 0 aromatic heterocycles. The zero-order chi connectivity index (χ0) is 13.0. The minimum absolute atomic E-state index is 0.149. The smallest absolute Gasteiger partial charge is 0.243 e. The summed E-state index contributed by atoms with van der Waals surface area (Å²) >= 11 is 0. The van der Waals surface area contributed by atoms with Crippen molar-refractivity contribution in [3.63, 3.8) is 0 Å². The van der Waals surface area contributed by atoms with E-state index in [1.165, 1.54) is 17.0 Å². The normalized spacial score (nSPS) is 18.7. The standard InChI is InChI=1S/C13H15FN2O2/c14-11-5-3-10(4-6-11)8-15-13(18)12-2-1-7-16(12)9-17/h3-6,9,12H,1-2,7-8H2,(H,15,18). The van der Waals surface area contributed by atoms with Crippen LogP contribution in [0.1, 0.15) is 18.4 Å². The molecular formula is C13H15FN2O2. The second kappa shape index (κ2) is 5.62. The third-order valence-corrected chi connectivity index (χ3v) is 3.11. The van der Waals surface area contributed by atoms with Crippen LogP contribution in [-0.4, -0.2) is 29.8 Å². The molecule has 1 aromatic rings. The highest BCUT2D eigenvalue weighted by atomic mass is 19.1. The highest BCUT2D eigenvalue weighted by Crippen LogP contribution is 2.15. The zero-order valence-corrected chi connectivity index (χ0v) is 9.93. The molecule has 0 radical (unpaired) electrons. The number of carbonyl (C=O) groups excluding carboxylic acids is 2. The van der Waals surface area contributed by atoms with Gasteiger partial charge >= 0.3 is 0 Å². The van der Waals surface area contributed by atoms with E-state index in [9.17, 15) is 14.0 Å². The predicted octanol–water partition coefficient (Wildman–Crippen LogP) is 1.06. The van der Waals surface area contributed by atoms with Crippen molar-refractivity contribution in [2.75, 3.05) is 6.54 Å². The molecule has 0 bridgehead atoms. The molecule has 1 atom stereocenters. The van der Waals surface area contributed by atoms with Gasteiger partial charge < -0.3 is 10.2 Å². The van der Waals surface area contributed by atoms with Crippen LogP contribution in [0.2, 0.25) is 0 Å². The number of halogens is 1. The Morgan fingerprint density at radius 2 is 2.17 bits per heavy atom. The Kier molecular flexibility index (Phi) is 3.92. The highest BCUT2D eigenvalue weighted by Gasteiger charge is 2.29. The average molecular weight is 250 g/mol. The van der Waals surface area contributed by atoms with Gasteiger partial charge in [-0.15, -0.1) is 0 Å². The molecule has 2 rings (SSSR count). The second-order valence-corrected chi connectivity index (χ2v) is 4.35. The molecule has 0 aliphatic carbocycles. The molecule has 1 N–H and O–H groups in total. The summed E-state index contributed by atoms with van der Waals surface area (Å²) in [5.41, 5.74) is 0.834. The molecule has 96 valence electrons. The van der Waals surface area contributed by atoms with E-state index in [0.717, 1.165) is 18.4 Å². The Labute approximate surface area is 105 Å². The van der Waals surface area contributed by atoms with Crippen molar-refractivity contribution in [2.45, 2.75) is 25.4 Å². The molecule has 1 unspecified atom stereocenters. The fraction of sp³-hybridized carbons (Fsp3) is 0.385. The summed E-state index contributed by atoms with van der Waals surface area (Å²) < 4.78 is 12.7. The molecule has 4 nitrogen and oxygen atoms in total. The summed E-state index contributed by atoms with van der Waals surface area (Å²) in [4.78, 5) is 24.1. The lowest BCUT2D eigenvalue weighted by Gasteiger charge is -2.19. The van der Waals surface area contributed by atoms with E-state index in [1.807, 2.05) is 0 Å². The topological polar surface area (TPSA) is 49.4 Å². The number of likely N-dealkylation sites (tertiary alicyclic amines) is 1. The summed E-state index contributed by atoms with van der Waals surface area (Å²) in [6, 6.07) is 5.61. The summed E-state index contributed by atoms with van der Waals surface area (Å²) in [6.45, 7) is 0.987. The van der Waals surface area contributed by atoms with Gasteiger partial charge in [-0.2, -0.15) is 0 Å². The van der Waals surface area contributed by atoms with Crippen molar-refractivity contribution in [1.29, 1.82) is 0 Å². The Morgan fingerprint density at radius 3 is 2.83 bits per heavy atom. The fourth-order valence-corrected chi connectivity index (χ4v) is 2.11. The van der Waals surface area contributed by atoms with Crippen LogP contribution in [0.4, 0.5) is 4.39 Å². The largest absolute Gasteiger partial charge is 0.350 e. The Balaban J connectivity index is 1.88. The molecule has 1 saturated heterocycles. The Bertz CT molecular complexity index is 433. The first kappa shape index (κ1) is 12.5. The number of amides is 2. The van der Waals surface area contributed by atoms with E-state index in [0.29, 0.717) is 19.5 Å². The van der Waals surface area contributed by atoms with Gasteiger partial charge in [0.1, 0.15) is 11.9 Å². The van der Waals surface area contributed by atoms with Crippen LogP contribution in [-0.2, 0) is 16.1 Å². The second-order valence-electron chi connectivity index (χ2n) is 4.35. The van der Waals surface area contributed by atoms with E-state index in [1.54, 1.807) is 12.1 Å². The maximum absolute atomic E-state index is 12.7. The van der Waals surface area contributed by atoms with Crippen LogP contribution in [0.15, 0.2) is 24.3 Å². The van der Waals surface area contributed by atoms with Gasteiger partial charge in [0.15, 0.2) is 0 Å². The number of hydrogen-bond donors (Lipinski definition) is 1. The Hall–Kier alpha value is -1.91. The lowest BCUT2D eigenvalue weighted by molar-refractivity contribution is -0.131. The average Bonchev–Trinajstić information content (AvgIpc) is 2.86. The quantitative estimate of drug-likeness (QED) is 0.812. The summed E-state index contributed by atoms with van der Waals surface area (Å²) in [7, 11) is 0. The minimum Gasteiger partial charge on any atom is -0.350 e. The van der Waals surface area contributed by atoms with Crippen molar-refractivity contribution in [1.82, 2.24) is 10.2 Å². The summed E-state index contributed by atoms with van der Waals surface area (Å²) in [5.74, 6) is -0.447. The van der Waals surface area contributed by atoms with Crippen LogP contribution >= 0.6 is 0 Å². The fourth-order valence-electron chi connectivity index (χ4n) is 2.11. The van der Waals surface area contributed by atoms with Crippen LogP contribution in [0.3, 0.4) is 0 Å². The van der Waals surface area contributed by atoms with Gasteiger partial charge in [-0.3, -0.25) is 9.59 Å². The molecule has 0 spiro atoms. The third kappa shape index (κ3) is 2.85. The molecule has 5 heteroatoms. The number of nitrogens with zero attached hydrogens (tertiary/aromatic N) is 1. The molecule has 1 aliphatic heterocycles. The van der Waals surface area contributed by atoms with Crippen molar-refractivity contribution < 1.29 is 14.0 Å². The maximum atomic E-state index is 12.7. The number of benzene rings is 1. The number of carbonyl (C=O) groups is 2. The predicted molar refractivity (Wildman–Crippen MR) is 64.0 cm³/mol. The number of rotatable bonds is 4. The monoisotopic (exact) mass is 250 g/mol. The third-order valence-electron chi connectivity index (χ3n) is 3.11. The van der Waals surface area contributed by atoms with Gasteiger partial charge in [0.2, 0.25) is 12.3 Å². The molecule has 18 heavy (non-hydrogen) atoms. The van der Waals surface area contributed by atoms with E-state index in [2.05, 4.69) is 5.32 Å². The first-order valence-electron chi connectivity index (χ1n) is 5.94. The van der Waals surface area contributed by atoms with E-state index in [-0.39, 0.29) is 17.8 Å². The first-order valence-corrected chi connectivity index (χ1v) is 5.94. The minimum atomic E-state index is -0.358. The van der Waals surface area contributed by atoms with Gasteiger partial charge in [0.25, 0.3) is 0 Å².